The molecular weight excluding hydrogens is 340 g/mol. The SMILES string of the molecule is COc1ccc(C2C(CNc3cn[nH]c(=O)c3Cl)CCCN2C)cc1. The standard InChI is InChI=1S/C18H23ClN4O2/c1-23-9-3-4-13(10-20-15-11-21-22-18(24)16(15)19)17(23)12-5-7-14(25-2)8-6-12/h5-8,11,13,17H,3-4,9-10H2,1-2H3,(H2,20,22,24). The number of aromatic nitrogens is 2. The van der Waals surface area contributed by atoms with Gasteiger partial charge in [-0.3, -0.25) is 9.69 Å². The Bertz CT molecular complexity index is 762. The van der Waals surface area contributed by atoms with Gasteiger partial charge in [0.15, 0.2) is 0 Å². The first kappa shape index (κ1) is 17.8. The summed E-state index contributed by atoms with van der Waals surface area (Å²) < 4.78 is 5.26. The van der Waals surface area contributed by atoms with Crippen molar-refractivity contribution in [2.75, 3.05) is 32.6 Å². The third kappa shape index (κ3) is 3.96. The van der Waals surface area contributed by atoms with Gasteiger partial charge in [-0.25, -0.2) is 5.10 Å². The van der Waals surface area contributed by atoms with Gasteiger partial charge in [-0.1, -0.05) is 23.7 Å². The summed E-state index contributed by atoms with van der Waals surface area (Å²) in [7, 11) is 3.83. The zero-order valence-electron chi connectivity index (χ0n) is 14.5. The van der Waals surface area contributed by atoms with Crippen molar-refractivity contribution in [3.8, 4) is 5.75 Å². The number of aromatic amines is 1. The predicted molar refractivity (Wildman–Crippen MR) is 99.4 cm³/mol. The minimum atomic E-state index is -0.376. The molecule has 2 heterocycles. The molecular formula is C18H23ClN4O2. The van der Waals surface area contributed by atoms with E-state index >= 15 is 0 Å². The van der Waals surface area contributed by atoms with E-state index in [1.807, 2.05) is 12.1 Å². The Morgan fingerprint density at radius 3 is 2.88 bits per heavy atom. The second kappa shape index (κ2) is 7.89. The molecule has 0 saturated carbocycles. The first-order valence-corrected chi connectivity index (χ1v) is 8.79. The average Bonchev–Trinajstić information content (AvgIpc) is 2.63. The summed E-state index contributed by atoms with van der Waals surface area (Å²) in [4.78, 5) is 14.0. The maximum Gasteiger partial charge on any atom is 0.285 e. The van der Waals surface area contributed by atoms with Crippen molar-refractivity contribution < 1.29 is 4.74 Å². The number of anilines is 1. The molecule has 1 saturated heterocycles. The van der Waals surface area contributed by atoms with E-state index in [1.165, 1.54) is 5.56 Å². The molecule has 1 aromatic carbocycles. The van der Waals surface area contributed by atoms with Crippen LogP contribution in [-0.2, 0) is 0 Å². The number of methoxy groups -OCH3 is 1. The monoisotopic (exact) mass is 362 g/mol. The maximum atomic E-state index is 11.6. The second-order valence-electron chi connectivity index (χ2n) is 6.41. The predicted octanol–water partition coefficient (Wildman–Crippen LogP) is 2.93. The number of hydrogen-bond acceptors (Lipinski definition) is 5. The molecule has 6 nitrogen and oxygen atoms in total. The van der Waals surface area contributed by atoms with E-state index in [-0.39, 0.29) is 10.6 Å². The van der Waals surface area contributed by atoms with Gasteiger partial charge in [0.25, 0.3) is 5.56 Å². The highest BCUT2D eigenvalue weighted by Gasteiger charge is 2.30. The zero-order chi connectivity index (χ0) is 17.8. The third-order valence-electron chi connectivity index (χ3n) is 4.81. The molecule has 3 rings (SSSR count). The summed E-state index contributed by atoms with van der Waals surface area (Å²) in [5, 5.41) is 9.60. The van der Waals surface area contributed by atoms with E-state index in [0.717, 1.165) is 31.7 Å². The van der Waals surface area contributed by atoms with Gasteiger partial charge in [-0.2, -0.15) is 5.10 Å². The Kier molecular flexibility index (Phi) is 5.60. The van der Waals surface area contributed by atoms with E-state index in [1.54, 1.807) is 13.3 Å². The Balaban J connectivity index is 1.77. The zero-order valence-corrected chi connectivity index (χ0v) is 15.2. The summed E-state index contributed by atoms with van der Waals surface area (Å²) >= 11 is 6.06. The van der Waals surface area contributed by atoms with Crippen molar-refractivity contribution in [2.24, 2.45) is 5.92 Å². The van der Waals surface area contributed by atoms with Crippen LogP contribution in [-0.4, -0.2) is 42.3 Å². The van der Waals surface area contributed by atoms with Crippen LogP contribution < -0.4 is 15.6 Å². The molecule has 0 radical (unpaired) electrons. The normalized spacial score (nSPS) is 21.1. The molecule has 2 N–H and O–H groups in total. The number of piperidine rings is 1. The number of hydrogen-bond donors (Lipinski definition) is 2. The number of H-pyrrole nitrogens is 1. The van der Waals surface area contributed by atoms with Gasteiger partial charge in [0.05, 0.1) is 19.0 Å². The molecule has 2 aromatic rings. The van der Waals surface area contributed by atoms with Crippen molar-refractivity contribution in [3.05, 3.63) is 51.4 Å². The van der Waals surface area contributed by atoms with Gasteiger partial charge in [-0.15, -0.1) is 0 Å². The van der Waals surface area contributed by atoms with E-state index in [0.29, 0.717) is 17.6 Å². The molecule has 7 heteroatoms. The second-order valence-corrected chi connectivity index (χ2v) is 6.79. The number of nitrogens with one attached hydrogen (secondary N) is 2. The number of benzene rings is 1. The van der Waals surface area contributed by atoms with Crippen LogP contribution in [0.3, 0.4) is 0 Å². The van der Waals surface area contributed by atoms with Crippen molar-refractivity contribution in [3.63, 3.8) is 0 Å². The highest BCUT2D eigenvalue weighted by Crippen LogP contribution is 2.36. The third-order valence-corrected chi connectivity index (χ3v) is 5.19. The smallest absolute Gasteiger partial charge is 0.285 e. The Labute approximate surface area is 152 Å². The van der Waals surface area contributed by atoms with Crippen molar-refractivity contribution in [1.82, 2.24) is 15.1 Å². The molecule has 25 heavy (non-hydrogen) atoms. The Morgan fingerprint density at radius 2 is 2.16 bits per heavy atom. The Morgan fingerprint density at radius 1 is 1.40 bits per heavy atom. The number of rotatable bonds is 5. The topological polar surface area (TPSA) is 70.2 Å². The van der Waals surface area contributed by atoms with Crippen LogP contribution in [0.25, 0.3) is 0 Å². The molecule has 1 aliphatic heterocycles. The average molecular weight is 363 g/mol. The molecule has 2 atom stereocenters. The van der Waals surface area contributed by atoms with Gasteiger partial charge in [0.2, 0.25) is 0 Å². The van der Waals surface area contributed by atoms with E-state index in [9.17, 15) is 4.79 Å². The van der Waals surface area contributed by atoms with Crippen LogP contribution in [0.1, 0.15) is 24.4 Å². The molecule has 0 aliphatic carbocycles. The lowest BCUT2D eigenvalue weighted by atomic mass is 9.85. The fraction of sp³-hybridized carbons (Fsp3) is 0.444. The van der Waals surface area contributed by atoms with Crippen LogP contribution in [0.5, 0.6) is 5.75 Å². The molecule has 134 valence electrons. The summed E-state index contributed by atoms with van der Waals surface area (Å²) in [5.74, 6) is 1.26. The first-order chi connectivity index (χ1) is 12.1. The molecule has 1 fully saturated rings. The van der Waals surface area contributed by atoms with E-state index < -0.39 is 0 Å². The molecule has 0 spiro atoms. The molecule has 1 aromatic heterocycles. The highest BCUT2D eigenvalue weighted by molar-refractivity contribution is 6.32. The Hall–Kier alpha value is -2.05. The first-order valence-electron chi connectivity index (χ1n) is 8.41. The number of nitrogens with zero attached hydrogens (tertiary/aromatic N) is 2. The van der Waals surface area contributed by atoms with Crippen LogP contribution in [0, 0.1) is 5.92 Å². The maximum absolute atomic E-state index is 11.6. The lowest BCUT2D eigenvalue weighted by Gasteiger charge is -2.40. The van der Waals surface area contributed by atoms with E-state index in [4.69, 9.17) is 16.3 Å². The van der Waals surface area contributed by atoms with Crippen LogP contribution in [0.4, 0.5) is 5.69 Å². The van der Waals surface area contributed by atoms with Gasteiger partial charge in [0, 0.05) is 12.6 Å². The van der Waals surface area contributed by atoms with Crippen molar-refractivity contribution >= 4 is 17.3 Å². The number of halogens is 1. The molecule has 2 unspecified atom stereocenters. The van der Waals surface area contributed by atoms with Gasteiger partial charge in [0.1, 0.15) is 10.8 Å². The fourth-order valence-electron chi connectivity index (χ4n) is 3.55. The number of ether oxygens (including phenoxy) is 1. The molecule has 1 aliphatic rings. The minimum Gasteiger partial charge on any atom is -0.497 e. The lowest BCUT2D eigenvalue weighted by molar-refractivity contribution is 0.128. The van der Waals surface area contributed by atoms with Crippen LogP contribution >= 0.6 is 11.6 Å². The minimum absolute atomic E-state index is 0.153. The van der Waals surface area contributed by atoms with Crippen molar-refractivity contribution in [2.45, 2.75) is 18.9 Å². The van der Waals surface area contributed by atoms with Crippen LogP contribution in [0.15, 0.2) is 35.3 Å². The lowest BCUT2D eigenvalue weighted by Crippen LogP contribution is -2.39. The van der Waals surface area contributed by atoms with Gasteiger partial charge < -0.3 is 10.1 Å². The largest absolute Gasteiger partial charge is 0.497 e. The van der Waals surface area contributed by atoms with Crippen LogP contribution in [0.2, 0.25) is 5.02 Å². The fourth-order valence-corrected chi connectivity index (χ4v) is 3.71. The molecule has 0 bridgehead atoms. The quantitative estimate of drug-likeness (QED) is 0.855. The molecule has 0 amide bonds. The summed E-state index contributed by atoms with van der Waals surface area (Å²) in [6.07, 6.45) is 3.82. The highest BCUT2D eigenvalue weighted by atomic mass is 35.5. The summed E-state index contributed by atoms with van der Waals surface area (Å²) in [6.45, 7) is 1.80. The van der Waals surface area contributed by atoms with E-state index in [2.05, 4.69) is 39.6 Å². The summed E-state index contributed by atoms with van der Waals surface area (Å²) in [6, 6.07) is 8.56. The van der Waals surface area contributed by atoms with Gasteiger partial charge >= 0.3 is 0 Å². The number of likely N-dealkylation sites (tertiary alicyclic amines) is 1. The van der Waals surface area contributed by atoms with Crippen molar-refractivity contribution in [1.29, 1.82) is 0 Å². The van der Waals surface area contributed by atoms with Gasteiger partial charge in [-0.05, 0) is 50.0 Å². The summed E-state index contributed by atoms with van der Waals surface area (Å²) in [5.41, 5.74) is 1.47.